The number of fused-ring (bicyclic) bond motifs is 2. The van der Waals surface area contributed by atoms with Crippen LogP contribution in [0.15, 0.2) is 11.1 Å². The minimum atomic E-state index is -1.29. The van der Waals surface area contributed by atoms with Crippen molar-refractivity contribution in [2.24, 2.45) is 23.2 Å². The van der Waals surface area contributed by atoms with E-state index in [-0.39, 0.29) is 35.7 Å². The maximum Gasteiger partial charge on any atom is 0.165 e. The first-order valence-corrected chi connectivity index (χ1v) is 9.18. The lowest BCUT2D eigenvalue weighted by Crippen LogP contribution is -2.50. The van der Waals surface area contributed by atoms with Gasteiger partial charge in [0.25, 0.3) is 0 Å². The van der Waals surface area contributed by atoms with Gasteiger partial charge in [0.15, 0.2) is 11.6 Å². The van der Waals surface area contributed by atoms with Crippen molar-refractivity contribution >= 4 is 11.6 Å². The van der Waals surface area contributed by atoms with Gasteiger partial charge in [-0.2, -0.15) is 0 Å². The fourth-order valence-electron chi connectivity index (χ4n) is 5.63. The lowest BCUT2D eigenvalue weighted by atomic mass is 9.61. The molecule has 0 aromatic rings. The topological polar surface area (TPSA) is 74.6 Å². The molecule has 2 fully saturated rings. The van der Waals surface area contributed by atoms with Gasteiger partial charge in [-0.1, -0.05) is 27.7 Å². The quantitative estimate of drug-likeness (QED) is 0.773. The fourth-order valence-corrected chi connectivity index (χ4v) is 5.63. The maximum atomic E-state index is 12.7. The Kier molecular flexibility index (Phi) is 3.89. The SMILES string of the molecule is CC1=C2C[C@@]3(C)CC(=O)[C@](O)(C(C)C)[C@@H]3CC[C@H](C)[C@@]2(O)CC1=O. The van der Waals surface area contributed by atoms with Gasteiger partial charge in [-0.05, 0) is 54.6 Å². The summed E-state index contributed by atoms with van der Waals surface area (Å²) in [4.78, 5) is 25.0. The highest BCUT2D eigenvalue weighted by atomic mass is 16.3. The van der Waals surface area contributed by atoms with Gasteiger partial charge in [0.05, 0.1) is 5.60 Å². The van der Waals surface area contributed by atoms with Gasteiger partial charge in [0, 0.05) is 18.8 Å². The molecule has 0 amide bonds. The van der Waals surface area contributed by atoms with Gasteiger partial charge >= 0.3 is 0 Å². The van der Waals surface area contributed by atoms with E-state index in [1.807, 2.05) is 20.8 Å². The van der Waals surface area contributed by atoms with Crippen molar-refractivity contribution < 1.29 is 19.8 Å². The number of carbonyl (C=O) groups is 2. The molecule has 134 valence electrons. The van der Waals surface area contributed by atoms with Crippen molar-refractivity contribution in [3.63, 3.8) is 0 Å². The van der Waals surface area contributed by atoms with E-state index in [1.54, 1.807) is 6.92 Å². The van der Waals surface area contributed by atoms with Gasteiger partial charge in [0.1, 0.15) is 5.60 Å². The number of carbonyl (C=O) groups excluding carboxylic acids is 2. The summed E-state index contributed by atoms with van der Waals surface area (Å²) in [6, 6.07) is 0. The van der Waals surface area contributed by atoms with E-state index in [0.717, 1.165) is 5.57 Å². The molecule has 2 saturated carbocycles. The summed E-state index contributed by atoms with van der Waals surface area (Å²) >= 11 is 0. The average molecular weight is 334 g/mol. The minimum absolute atomic E-state index is 0.0184. The van der Waals surface area contributed by atoms with Crippen LogP contribution in [0, 0.1) is 23.2 Å². The Bertz CT molecular complexity index is 634. The second-order valence-corrected chi connectivity index (χ2v) is 9.07. The van der Waals surface area contributed by atoms with Crippen LogP contribution in [0.1, 0.15) is 66.7 Å². The minimum Gasteiger partial charge on any atom is -0.385 e. The lowest BCUT2D eigenvalue weighted by Gasteiger charge is -2.45. The van der Waals surface area contributed by atoms with Crippen molar-refractivity contribution in [3.8, 4) is 0 Å². The number of allylic oxidation sites excluding steroid dienone is 1. The lowest BCUT2D eigenvalue weighted by molar-refractivity contribution is -0.144. The standard InChI is InChI=1S/C20H30O4/c1-11(2)20(24)16-7-6-12(3)19(23)9-15(21)13(4)14(19)8-18(16,5)10-17(20)22/h11-12,16,23-24H,6-10H2,1-5H3/t12-,16+,18-,19-,20-/m0/s1. The first-order chi connectivity index (χ1) is 11.0. The van der Waals surface area contributed by atoms with Crippen LogP contribution >= 0.6 is 0 Å². The molecule has 3 rings (SSSR count). The molecule has 2 N–H and O–H groups in total. The van der Waals surface area contributed by atoms with Crippen LogP contribution in [-0.2, 0) is 9.59 Å². The maximum absolute atomic E-state index is 12.7. The summed E-state index contributed by atoms with van der Waals surface area (Å²) in [5.41, 5.74) is -1.28. The van der Waals surface area contributed by atoms with Crippen LogP contribution in [-0.4, -0.2) is 33.0 Å². The third-order valence-corrected chi connectivity index (χ3v) is 7.37. The van der Waals surface area contributed by atoms with Crippen molar-refractivity contribution in [1.82, 2.24) is 0 Å². The van der Waals surface area contributed by atoms with Crippen LogP contribution < -0.4 is 0 Å². The summed E-state index contributed by atoms with van der Waals surface area (Å²) in [7, 11) is 0. The molecule has 0 radical (unpaired) electrons. The van der Waals surface area contributed by atoms with Gasteiger partial charge in [0.2, 0.25) is 0 Å². The molecule has 5 atom stereocenters. The monoisotopic (exact) mass is 334 g/mol. The zero-order valence-corrected chi connectivity index (χ0v) is 15.5. The largest absolute Gasteiger partial charge is 0.385 e. The summed E-state index contributed by atoms with van der Waals surface area (Å²) in [5, 5.41) is 22.5. The fraction of sp³-hybridized carbons (Fsp3) is 0.800. The molecule has 24 heavy (non-hydrogen) atoms. The van der Waals surface area contributed by atoms with Gasteiger partial charge in [-0.3, -0.25) is 9.59 Å². The molecule has 0 aromatic carbocycles. The summed E-state index contributed by atoms with van der Waals surface area (Å²) in [5.74, 6) is -0.368. The first-order valence-electron chi connectivity index (χ1n) is 9.18. The Morgan fingerprint density at radius 3 is 2.29 bits per heavy atom. The number of hydrogen-bond acceptors (Lipinski definition) is 4. The van der Waals surface area contributed by atoms with E-state index in [4.69, 9.17) is 0 Å². The van der Waals surface area contributed by atoms with Crippen LogP contribution in [0.3, 0.4) is 0 Å². The van der Waals surface area contributed by atoms with E-state index < -0.39 is 16.6 Å². The zero-order chi connectivity index (χ0) is 18.1. The molecule has 0 bridgehead atoms. The molecule has 4 heteroatoms. The van der Waals surface area contributed by atoms with Crippen molar-refractivity contribution in [2.45, 2.75) is 77.9 Å². The molecule has 0 unspecified atom stereocenters. The second kappa shape index (κ2) is 5.25. The molecule has 0 aliphatic heterocycles. The highest BCUT2D eigenvalue weighted by Gasteiger charge is 2.63. The van der Waals surface area contributed by atoms with Gasteiger partial charge in [-0.25, -0.2) is 0 Å². The summed E-state index contributed by atoms with van der Waals surface area (Å²) < 4.78 is 0. The molecule has 0 aromatic heterocycles. The number of rotatable bonds is 1. The Morgan fingerprint density at radius 2 is 1.71 bits per heavy atom. The van der Waals surface area contributed by atoms with Crippen molar-refractivity contribution in [3.05, 3.63) is 11.1 Å². The Hall–Kier alpha value is -1.00. The smallest absolute Gasteiger partial charge is 0.165 e. The molecular formula is C20H30O4. The third-order valence-electron chi connectivity index (χ3n) is 7.37. The highest BCUT2D eigenvalue weighted by Crippen LogP contribution is 2.59. The van der Waals surface area contributed by atoms with Gasteiger partial charge < -0.3 is 10.2 Å². The van der Waals surface area contributed by atoms with E-state index in [9.17, 15) is 19.8 Å². The van der Waals surface area contributed by atoms with Crippen molar-refractivity contribution in [2.75, 3.05) is 0 Å². The number of hydrogen-bond donors (Lipinski definition) is 2. The molecule has 0 spiro atoms. The van der Waals surface area contributed by atoms with Crippen LogP contribution in [0.25, 0.3) is 0 Å². The third kappa shape index (κ3) is 2.12. The Labute approximate surface area is 144 Å². The Morgan fingerprint density at radius 1 is 1.08 bits per heavy atom. The molecule has 3 aliphatic carbocycles. The van der Waals surface area contributed by atoms with Crippen molar-refractivity contribution in [1.29, 1.82) is 0 Å². The predicted octanol–water partition coefficient (Wildman–Crippen LogP) is 2.81. The van der Waals surface area contributed by atoms with Crippen LogP contribution in [0.2, 0.25) is 0 Å². The van der Waals surface area contributed by atoms with E-state index >= 15 is 0 Å². The van der Waals surface area contributed by atoms with Crippen LogP contribution in [0.4, 0.5) is 0 Å². The Balaban J connectivity index is 2.10. The van der Waals surface area contributed by atoms with Crippen LogP contribution in [0.5, 0.6) is 0 Å². The molecule has 4 nitrogen and oxygen atoms in total. The number of ketones is 2. The average Bonchev–Trinajstić information content (AvgIpc) is 2.81. The number of aliphatic hydroxyl groups is 2. The van der Waals surface area contributed by atoms with Gasteiger partial charge in [-0.15, -0.1) is 0 Å². The molecule has 0 saturated heterocycles. The molecule has 0 heterocycles. The summed E-state index contributed by atoms with van der Waals surface area (Å²) in [6.07, 6.45) is 2.43. The van der Waals surface area contributed by atoms with E-state index in [0.29, 0.717) is 31.3 Å². The van der Waals surface area contributed by atoms with E-state index in [1.165, 1.54) is 0 Å². The predicted molar refractivity (Wildman–Crippen MR) is 91.3 cm³/mol. The highest BCUT2D eigenvalue weighted by molar-refractivity contribution is 6.00. The van der Waals surface area contributed by atoms with E-state index in [2.05, 4.69) is 6.92 Å². The first kappa shape index (κ1) is 17.8. The normalized spacial score (nSPS) is 46.2. The summed E-state index contributed by atoms with van der Waals surface area (Å²) in [6.45, 7) is 9.65. The zero-order valence-electron chi connectivity index (χ0n) is 15.5. The molecule has 3 aliphatic rings. The second-order valence-electron chi connectivity index (χ2n) is 9.07. The number of Topliss-reactive ketones (excluding diaryl/α,β-unsaturated/α-hetero) is 2. The molecular weight excluding hydrogens is 304 g/mol.